The van der Waals surface area contributed by atoms with E-state index in [0.29, 0.717) is 0 Å². The maximum absolute atomic E-state index is 13.1. The van der Waals surface area contributed by atoms with Gasteiger partial charge < -0.3 is 9.88 Å². The number of hydrogen-bond acceptors (Lipinski definition) is 1. The van der Waals surface area contributed by atoms with Crippen molar-refractivity contribution in [3.05, 3.63) is 36.3 Å². The molecule has 0 aliphatic carbocycles. The van der Waals surface area contributed by atoms with Crippen molar-refractivity contribution >= 4 is 10.9 Å². The molecule has 0 spiro atoms. The molecule has 1 N–H and O–H groups in total. The Labute approximate surface area is 95.1 Å². The minimum Gasteiger partial charge on any atom is -0.347 e. The van der Waals surface area contributed by atoms with Crippen molar-refractivity contribution in [2.75, 3.05) is 13.1 Å². The first-order valence-electron chi connectivity index (χ1n) is 5.76. The third kappa shape index (κ3) is 2.42. The number of fused-ring (bicyclic) bond motifs is 1. The zero-order valence-corrected chi connectivity index (χ0v) is 9.54. The van der Waals surface area contributed by atoms with E-state index in [4.69, 9.17) is 0 Å². The SMILES string of the molecule is CCNCCCn1ccc2ccc(F)cc21. The minimum atomic E-state index is -0.167. The topological polar surface area (TPSA) is 17.0 Å². The summed E-state index contributed by atoms with van der Waals surface area (Å²) < 4.78 is 15.2. The normalized spacial score (nSPS) is 11.1. The Kier molecular flexibility index (Phi) is 3.57. The van der Waals surface area contributed by atoms with Crippen LogP contribution in [0.25, 0.3) is 10.9 Å². The molecule has 0 atom stereocenters. The number of aryl methyl sites for hydroxylation is 1. The lowest BCUT2D eigenvalue weighted by Crippen LogP contribution is -2.15. The van der Waals surface area contributed by atoms with Crippen LogP contribution in [0.5, 0.6) is 0 Å². The van der Waals surface area contributed by atoms with Gasteiger partial charge in [0, 0.05) is 12.7 Å². The predicted octanol–water partition coefficient (Wildman–Crippen LogP) is 2.78. The molecule has 3 heteroatoms. The molecule has 0 saturated heterocycles. The van der Waals surface area contributed by atoms with Gasteiger partial charge in [-0.15, -0.1) is 0 Å². The lowest BCUT2D eigenvalue weighted by molar-refractivity contribution is 0.600. The zero-order valence-electron chi connectivity index (χ0n) is 9.54. The Hall–Kier alpha value is -1.35. The maximum atomic E-state index is 13.1. The van der Waals surface area contributed by atoms with Gasteiger partial charge in [-0.05, 0) is 49.2 Å². The Morgan fingerprint density at radius 1 is 1.31 bits per heavy atom. The van der Waals surface area contributed by atoms with Gasteiger partial charge in [-0.1, -0.05) is 6.92 Å². The predicted molar refractivity (Wildman–Crippen MR) is 65.1 cm³/mol. The van der Waals surface area contributed by atoms with Crippen molar-refractivity contribution in [3.8, 4) is 0 Å². The Morgan fingerprint density at radius 3 is 3.00 bits per heavy atom. The molecule has 0 amide bonds. The summed E-state index contributed by atoms with van der Waals surface area (Å²) in [6, 6.07) is 6.96. The molecule has 1 heterocycles. The van der Waals surface area contributed by atoms with Crippen LogP contribution in [0.15, 0.2) is 30.5 Å². The van der Waals surface area contributed by atoms with Crippen LogP contribution in [0, 0.1) is 5.82 Å². The van der Waals surface area contributed by atoms with Crippen LogP contribution in [0.1, 0.15) is 13.3 Å². The molecule has 0 bridgehead atoms. The summed E-state index contributed by atoms with van der Waals surface area (Å²) in [4.78, 5) is 0. The lowest BCUT2D eigenvalue weighted by Gasteiger charge is -2.05. The quantitative estimate of drug-likeness (QED) is 0.767. The summed E-state index contributed by atoms with van der Waals surface area (Å²) in [6.07, 6.45) is 3.09. The average Bonchev–Trinajstić information content (AvgIpc) is 2.67. The Balaban J connectivity index is 2.09. The molecule has 1 aromatic heterocycles. The largest absolute Gasteiger partial charge is 0.347 e. The van der Waals surface area contributed by atoms with Gasteiger partial charge in [-0.2, -0.15) is 0 Å². The van der Waals surface area contributed by atoms with Gasteiger partial charge in [0.15, 0.2) is 0 Å². The second-order valence-corrected chi connectivity index (χ2v) is 3.92. The standard InChI is InChI=1S/C13H17FN2/c1-2-15-7-3-8-16-9-6-11-4-5-12(14)10-13(11)16/h4-6,9-10,15H,2-3,7-8H2,1H3. The summed E-state index contributed by atoms with van der Waals surface area (Å²) in [5.41, 5.74) is 0.983. The summed E-state index contributed by atoms with van der Waals surface area (Å²) in [5, 5.41) is 4.38. The van der Waals surface area contributed by atoms with Crippen LogP contribution >= 0.6 is 0 Å². The molecule has 0 aliphatic rings. The molecule has 0 saturated carbocycles. The Morgan fingerprint density at radius 2 is 2.19 bits per heavy atom. The van der Waals surface area contributed by atoms with Crippen LogP contribution in [0.3, 0.4) is 0 Å². The van der Waals surface area contributed by atoms with E-state index in [1.54, 1.807) is 6.07 Å². The first kappa shape index (κ1) is 11.1. The lowest BCUT2D eigenvalue weighted by atomic mass is 10.2. The molecule has 0 fully saturated rings. The van der Waals surface area contributed by atoms with Crippen molar-refractivity contribution in [2.45, 2.75) is 19.9 Å². The number of rotatable bonds is 5. The van der Waals surface area contributed by atoms with Crippen LogP contribution < -0.4 is 5.32 Å². The fourth-order valence-electron chi connectivity index (χ4n) is 1.90. The molecule has 2 aromatic rings. The van der Waals surface area contributed by atoms with Crippen LogP contribution in [0.4, 0.5) is 4.39 Å². The Bertz CT molecular complexity index is 462. The van der Waals surface area contributed by atoms with E-state index in [1.165, 1.54) is 6.07 Å². The summed E-state index contributed by atoms with van der Waals surface area (Å²) in [6.45, 7) is 5.03. The van der Waals surface area contributed by atoms with Gasteiger partial charge in [0.25, 0.3) is 0 Å². The number of halogens is 1. The molecule has 86 valence electrons. The second-order valence-electron chi connectivity index (χ2n) is 3.92. The van der Waals surface area contributed by atoms with E-state index < -0.39 is 0 Å². The zero-order chi connectivity index (χ0) is 11.4. The molecular weight excluding hydrogens is 203 g/mol. The van der Waals surface area contributed by atoms with Gasteiger partial charge in [-0.3, -0.25) is 0 Å². The maximum Gasteiger partial charge on any atom is 0.125 e. The van der Waals surface area contributed by atoms with E-state index >= 15 is 0 Å². The molecule has 16 heavy (non-hydrogen) atoms. The van der Waals surface area contributed by atoms with Crippen molar-refractivity contribution in [1.29, 1.82) is 0 Å². The second kappa shape index (κ2) is 5.12. The van der Waals surface area contributed by atoms with Gasteiger partial charge in [0.1, 0.15) is 5.82 Å². The van der Waals surface area contributed by atoms with Gasteiger partial charge in [0.05, 0.1) is 5.52 Å². The van der Waals surface area contributed by atoms with Crippen LogP contribution in [-0.2, 0) is 6.54 Å². The number of nitrogens with zero attached hydrogens (tertiary/aromatic N) is 1. The molecule has 2 nitrogen and oxygen atoms in total. The van der Waals surface area contributed by atoms with E-state index in [2.05, 4.69) is 16.8 Å². The van der Waals surface area contributed by atoms with Crippen molar-refractivity contribution in [1.82, 2.24) is 9.88 Å². The minimum absolute atomic E-state index is 0.167. The van der Waals surface area contributed by atoms with Crippen LogP contribution in [-0.4, -0.2) is 17.7 Å². The first-order chi connectivity index (χ1) is 7.81. The number of nitrogens with one attached hydrogen (secondary N) is 1. The third-order valence-corrected chi connectivity index (χ3v) is 2.74. The van der Waals surface area contributed by atoms with Crippen molar-refractivity contribution in [2.24, 2.45) is 0 Å². The van der Waals surface area contributed by atoms with E-state index in [9.17, 15) is 4.39 Å². The molecule has 1 aromatic carbocycles. The fraction of sp³-hybridized carbons (Fsp3) is 0.385. The van der Waals surface area contributed by atoms with Gasteiger partial charge in [0.2, 0.25) is 0 Å². The smallest absolute Gasteiger partial charge is 0.125 e. The fourth-order valence-corrected chi connectivity index (χ4v) is 1.90. The summed E-state index contributed by atoms with van der Waals surface area (Å²) in [7, 11) is 0. The summed E-state index contributed by atoms with van der Waals surface area (Å²) >= 11 is 0. The van der Waals surface area contributed by atoms with E-state index in [-0.39, 0.29) is 5.82 Å². The molecule has 0 radical (unpaired) electrons. The molecule has 0 unspecified atom stereocenters. The van der Waals surface area contributed by atoms with Crippen molar-refractivity contribution in [3.63, 3.8) is 0 Å². The molecule has 2 rings (SSSR count). The highest BCUT2D eigenvalue weighted by molar-refractivity contribution is 5.80. The number of hydrogen-bond donors (Lipinski definition) is 1. The van der Waals surface area contributed by atoms with Crippen LogP contribution in [0.2, 0.25) is 0 Å². The van der Waals surface area contributed by atoms with Gasteiger partial charge in [-0.25, -0.2) is 4.39 Å². The molecular formula is C13H17FN2. The van der Waals surface area contributed by atoms with Gasteiger partial charge >= 0.3 is 0 Å². The monoisotopic (exact) mass is 220 g/mol. The highest BCUT2D eigenvalue weighted by Crippen LogP contribution is 2.17. The number of aromatic nitrogens is 1. The highest BCUT2D eigenvalue weighted by Gasteiger charge is 2.01. The highest BCUT2D eigenvalue weighted by atomic mass is 19.1. The molecule has 0 aliphatic heterocycles. The summed E-state index contributed by atoms with van der Waals surface area (Å²) in [5.74, 6) is -0.167. The average molecular weight is 220 g/mol. The number of benzene rings is 1. The first-order valence-corrected chi connectivity index (χ1v) is 5.76. The van der Waals surface area contributed by atoms with E-state index in [1.807, 2.05) is 18.3 Å². The van der Waals surface area contributed by atoms with Crippen molar-refractivity contribution < 1.29 is 4.39 Å². The van der Waals surface area contributed by atoms with E-state index in [0.717, 1.165) is 37.0 Å². The third-order valence-electron chi connectivity index (χ3n) is 2.74.